The summed E-state index contributed by atoms with van der Waals surface area (Å²) in [5.74, 6) is 0.937. The largest absolute Gasteiger partial charge is 0.493 e. The number of methoxy groups -OCH3 is 2. The quantitative estimate of drug-likeness (QED) is 0.785. The minimum atomic E-state index is -0.286. The minimum Gasteiger partial charge on any atom is -0.493 e. The van der Waals surface area contributed by atoms with Gasteiger partial charge in [0.1, 0.15) is 5.82 Å². The van der Waals surface area contributed by atoms with Gasteiger partial charge in [-0.1, -0.05) is 18.2 Å². The van der Waals surface area contributed by atoms with E-state index in [0.29, 0.717) is 17.9 Å². The molecule has 0 aromatic heterocycles. The van der Waals surface area contributed by atoms with Gasteiger partial charge in [0.05, 0.1) is 14.2 Å². The normalized spacial score (nSPS) is 15.0. The summed E-state index contributed by atoms with van der Waals surface area (Å²) < 4.78 is 24.1. The van der Waals surface area contributed by atoms with Gasteiger partial charge in [0.15, 0.2) is 11.5 Å². The highest BCUT2D eigenvalue weighted by Crippen LogP contribution is 2.35. The molecule has 3 rings (SSSR count). The molecule has 0 N–H and O–H groups in total. The third-order valence-electron chi connectivity index (χ3n) is 4.92. The van der Waals surface area contributed by atoms with Gasteiger partial charge in [0, 0.05) is 25.4 Å². The van der Waals surface area contributed by atoms with Crippen molar-refractivity contribution >= 4 is 5.91 Å². The van der Waals surface area contributed by atoms with Gasteiger partial charge in [0.2, 0.25) is 5.91 Å². The van der Waals surface area contributed by atoms with Crippen molar-refractivity contribution in [3.63, 3.8) is 0 Å². The smallest absolute Gasteiger partial charge is 0.223 e. The summed E-state index contributed by atoms with van der Waals surface area (Å²) in [4.78, 5) is 14.7. The first-order valence-corrected chi connectivity index (χ1v) is 8.87. The van der Waals surface area contributed by atoms with Gasteiger partial charge in [-0.3, -0.25) is 4.79 Å². The van der Waals surface area contributed by atoms with Crippen molar-refractivity contribution in [3.05, 3.63) is 59.4 Å². The fraction of sp³-hybridized carbons (Fsp3) is 0.381. The van der Waals surface area contributed by atoms with Gasteiger partial charge in [-0.2, -0.15) is 0 Å². The van der Waals surface area contributed by atoms with E-state index in [-0.39, 0.29) is 17.6 Å². The van der Waals surface area contributed by atoms with E-state index < -0.39 is 0 Å². The van der Waals surface area contributed by atoms with E-state index in [4.69, 9.17) is 9.47 Å². The van der Waals surface area contributed by atoms with E-state index in [1.54, 1.807) is 26.4 Å². The predicted molar refractivity (Wildman–Crippen MR) is 98.2 cm³/mol. The molecule has 1 heterocycles. The molecule has 0 radical (unpaired) electrons. The summed E-state index contributed by atoms with van der Waals surface area (Å²) in [5.41, 5.74) is 1.85. The number of nitrogens with zero attached hydrogens (tertiary/aromatic N) is 1. The van der Waals surface area contributed by atoms with E-state index in [2.05, 4.69) is 0 Å². The Morgan fingerprint density at radius 1 is 1.00 bits per heavy atom. The fourth-order valence-corrected chi connectivity index (χ4v) is 3.46. The zero-order chi connectivity index (χ0) is 18.5. The van der Waals surface area contributed by atoms with Crippen LogP contribution in [-0.2, 0) is 4.79 Å². The Kier molecular flexibility index (Phi) is 5.76. The molecule has 4 nitrogen and oxygen atoms in total. The second kappa shape index (κ2) is 8.21. The molecule has 0 bridgehead atoms. The van der Waals surface area contributed by atoms with Crippen LogP contribution in [0.1, 0.15) is 36.3 Å². The maximum atomic E-state index is 13.4. The summed E-state index contributed by atoms with van der Waals surface area (Å²) in [6.45, 7) is 1.64. The van der Waals surface area contributed by atoms with Crippen LogP contribution in [0.3, 0.4) is 0 Å². The first-order chi connectivity index (χ1) is 12.6. The third kappa shape index (κ3) is 3.98. The number of likely N-dealkylation sites (tertiary alicyclic amines) is 1. The molecule has 0 spiro atoms. The number of hydrogen-bond acceptors (Lipinski definition) is 3. The number of amides is 1. The summed E-state index contributed by atoms with van der Waals surface area (Å²) in [6.07, 6.45) is 2.47. The van der Waals surface area contributed by atoms with Crippen LogP contribution in [0, 0.1) is 5.82 Å². The van der Waals surface area contributed by atoms with Crippen molar-refractivity contribution in [2.75, 3.05) is 27.3 Å². The van der Waals surface area contributed by atoms with E-state index in [0.717, 1.165) is 37.1 Å². The van der Waals surface area contributed by atoms with Crippen LogP contribution in [-0.4, -0.2) is 38.1 Å². The van der Waals surface area contributed by atoms with Crippen LogP contribution in [0.15, 0.2) is 42.5 Å². The number of halogens is 1. The number of ether oxygens (including phenoxy) is 2. The standard InChI is InChI=1S/C21H24FNO3/c1-25-19-10-7-16(13-20(19)26-2)18(15-5-8-17(22)9-6-15)14-21(24)23-11-3-4-12-23/h5-10,13,18H,3-4,11-12,14H2,1-2H3. The summed E-state index contributed by atoms with van der Waals surface area (Å²) >= 11 is 0. The molecule has 1 atom stereocenters. The number of benzene rings is 2. The second-order valence-electron chi connectivity index (χ2n) is 6.51. The fourth-order valence-electron chi connectivity index (χ4n) is 3.46. The molecular weight excluding hydrogens is 333 g/mol. The zero-order valence-corrected chi connectivity index (χ0v) is 15.2. The lowest BCUT2D eigenvalue weighted by atomic mass is 9.88. The van der Waals surface area contributed by atoms with E-state index in [1.807, 2.05) is 23.1 Å². The van der Waals surface area contributed by atoms with Gasteiger partial charge in [-0.15, -0.1) is 0 Å². The van der Waals surface area contributed by atoms with Crippen LogP contribution in [0.2, 0.25) is 0 Å². The SMILES string of the molecule is COc1ccc(C(CC(=O)N2CCCC2)c2ccc(F)cc2)cc1OC. The third-order valence-corrected chi connectivity index (χ3v) is 4.92. The van der Waals surface area contributed by atoms with Gasteiger partial charge < -0.3 is 14.4 Å². The Bertz CT molecular complexity index is 754. The Hall–Kier alpha value is -2.56. The summed E-state index contributed by atoms with van der Waals surface area (Å²) in [7, 11) is 3.18. The highest BCUT2D eigenvalue weighted by molar-refractivity contribution is 5.78. The molecule has 0 aliphatic carbocycles. The van der Waals surface area contributed by atoms with Crippen LogP contribution in [0.5, 0.6) is 11.5 Å². The molecule has 1 aliphatic heterocycles. The van der Waals surface area contributed by atoms with Crippen molar-refractivity contribution in [1.82, 2.24) is 4.90 Å². The van der Waals surface area contributed by atoms with Gasteiger partial charge in [0.25, 0.3) is 0 Å². The number of hydrogen-bond donors (Lipinski definition) is 0. The van der Waals surface area contributed by atoms with Crippen molar-refractivity contribution in [2.45, 2.75) is 25.2 Å². The molecule has 1 saturated heterocycles. The average molecular weight is 357 g/mol. The Labute approximate surface area is 153 Å². The molecule has 1 fully saturated rings. The molecule has 1 unspecified atom stereocenters. The Balaban J connectivity index is 1.94. The molecule has 1 amide bonds. The first kappa shape index (κ1) is 18.2. The van der Waals surface area contributed by atoms with Crippen molar-refractivity contribution in [3.8, 4) is 11.5 Å². The van der Waals surface area contributed by atoms with E-state index in [9.17, 15) is 9.18 Å². The van der Waals surface area contributed by atoms with Crippen molar-refractivity contribution in [2.24, 2.45) is 0 Å². The molecule has 2 aromatic carbocycles. The molecular formula is C21H24FNO3. The molecule has 0 saturated carbocycles. The molecule has 2 aromatic rings. The predicted octanol–water partition coefficient (Wildman–Crippen LogP) is 3.99. The molecule has 138 valence electrons. The second-order valence-corrected chi connectivity index (χ2v) is 6.51. The molecule has 26 heavy (non-hydrogen) atoms. The van der Waals surface area contributed by atoms with Gasteiger partial charge in [-0.05, 0) is 48.2 Å². The van der Waals surface area contributed by atoms with Crippen LogP contribution in [0.25, 0.3) is 0 Å². The molecule has 5 heteroatoms. The zero-order valence-electron chi connectivity index (χ0n) is 15.2. The van der Waals surface area contributed by atoms with Crippen LogP contribution in [0.4, 0.5) is 4.39 Å². The number of carbonyl (C=O) groups excluding carboxylic acids is 1. The van der Waals surface area contributed by atoms with Crippen LogP contribution < -0.4 is 9.47 Å². The lowest BCUT2D eigenvalue weighted by Crippen LogP contribution is -2.29. The monoisotopic (exact) mass is 357 g/mol. The number of rotatable bonds is 6. The van der Waals surface area contributed by atoms with Crippen molar-refractivity contribution < 1.29 is 18.7 Å². The lowest BCUT2D eigenvalue weighted by molar-refractivity contribution is -0.130. The Morgan fingerprint density at radius 2 is 1.62 bits per heavy atom. The average Bonchev–Trinajstić information content (AvgIpc) is 3.21. The summed E-state index contributed by atoms with van der Waals surface area (Å²) in [6, 6.07) is 12.0. The van der Waals surface area contributed by atoms with E-state index >= 15 is 0 Å². The van der Waals surface area contributed by atoms with Gasteiger partial charge >= 0.3 is 0 Å². The van der Waals surface area contributed by atoms with Crippen molar-refractivity contribution in [1.29, 1.82) is 0 Å². The van der Waals surface area contributed by atoms with E-state index in [1.165, 1.54) is 12.1 Å². The highest BCUT2D eigenvalue weighted by atomic mass is 19.1. The topological polar surface area (TPSA) is 38.8 Å². The Morgan fingerprint density at radius 3 is 2.23 bits per heavy atom. The molecule has 1 aliphatic rings. The maximum Gasteiger partial charge on any atom is 0.223 e. The summed E-state index contributed by atoms with van der Waals surface area (Å²) in [5, 5.41) is 0. The highest BCUT2D eigenvalue weighted by Gasteiger charge is 2.25. The maximum absolute atomic E-state index is 13.4. The van der Waals surface area contributed by atoms with Gasteiger partial charge in [-0.25, -0.2) is 4.39 Å². The lowest BCUT2D eigenvalue weighted by Gasteiger charge is -2.22. The number of carbonyl (C=O) groups is 1. The minimum absolute atomic E-state index is 0.131. The first-order valence-electron chi connectivity index (χ1n) is 8.87. The van der Waals surface area contributed by atoms with Crippen LogP contribution >= 0.6 is 0 Å².